The second kappa shape index (κ2) is 7.13. The van der Waals surface area contributed by atoms with Gasteiger partial charge in [-0.1, -0.05) is 35.0 Å². The molecule has 5 nitrogen and oxygen atoms in total. The number of nitrogens with one attached hydrogen (secondary N) is 1. The van der Waals surface area contributed by atoms with Crippen LogP contribution in [0, 0.1) is 6.92 Å². The number of carbonyl (C=O) groups excluding carboxylic acids is 1. The van der Waals surface area contributed by atoms with Crippen LogP contribution >= 0.6 is 24.0 Å². The molecule has 1 saturated heterocycles. The number of hydrogen-bond acceptors (Lipinski definition) is 4. The molecule has 1 aliphatic heterocycles. The van der Waals surface area contributed by atoms with Crippen molar-refractivity contribution in [1.29, 1.82) is 0 Å². The average molecular weight is 342 g/mol. The molecule has 1 fully saturated rings. The molecule has 22 heavy (non-hydrogen) atoms. The summed E-state index contributed by atoms with van der Waals surface area (Å²) in [6, 6.07) is 9.17. The lowest BCUT2D eigenvalue weighted by Gasteiger charge is -2.36. The van der Waals surface area contributed by atoms with E-state index in [-0.39, 0.29) is 24.4 Å². The minimum atomic E-state index is -0.127. The Labute approximate surface area is 140 Å². The highest BCUT2D eigenvalue weighted by Crippen LogP contribution is 2.29. The van der Waals surface area contributed by atoms with Crippen LogP contribution in [0.15, 0.2) is 34.9 Å². The Kier molecular flexibility index (Phi) is 5.45. The number of piperazine rings is 1. The highest BCUT2D eigenvalue weighted by atomic mass is 35.5. The van der Waals surface area contributed by atoms with E-state index >= 15 is 0 Å². The summed E-state index contributed by atoms with van der Waals surface area (Å²) >= 11 is 6.28. The van der Waals surface area contributed by atoms with E-state index in [2.05, 4.69) is 10.5 Å². The van der Waals surface area contributed by atoms with Gasteiger partial charge in [-0.15, -0.1) is 12.4 Å². The molecule has 0 aliphatic carbocycles. The SMILES string of the molecule is Cc1cc(C(=O)N2CCNCC2c2ccccc2Cl)no1.Cl. The molecule has 1 aromatic carbocycles. The Morgan fingerprint density at radius 1 is 1.45 bits per heavy atom. The number of halogens is 2. The van der Waals surface area contributed by atoms with Crippen LogP contribution in [0.25, 0.3) is 0 Å². The standard InChI is InChI=1S/C15H16ClN3O2.ClH/c1-10-8-13(18-21-10)15(20)19-7-6-17-9-14(19)11-4-2-3-5-12(11)16;/h2-5,8,14,17H,6-7,9H2,1H3;1H. The predicted octanol–water partition coefficient (Wildman–Crippen LogP) is 2.84. The molecule has 118 valence electrons. The summed E-state index contributed by atoms with van der Waals surface area (Å²) in [6.07, 6.45) is 0. The summed E-state index contributed by atoms with van der Waals surface area (Å²) in [7, 11) is 0. The molecule has 0 radical (unpaired) electrons. The van der Waals surface area contributed by atoms with Gasteiger partial charge in [-0.2, -0.15) is 0 Å². The zero-order valence-corrected chi connectivity index (χ0v) is 13.7. The van der Waals surface area contributed by atoms with E-state index < -0.39 is 0 Å². The van der Waals surface area contributed by atoms with Crippen LogP contribution in [0.1, 0.15) is 27.9 Å². The first-order chi connectivity index (χ1) is 10.2. The topological polar surface area (TPSA) is 58.4 Å². The summed E-state index contributed by atoms with van der Waals surface area (Å²) in [5.41, 5.74) is 1.28. The van der Waals surface area contributed by atoms with E-state index in [9.17, 15) is 4.79 Å². The van der Waals surface area contributed by atoms with Crippen LogP contribution in [-0.4, -0.2) is 35.6 Å². The molecule has 1 aromatic heterocycles. The first kappa shape index (κ1) is 16.8. The van der Waals surface area contributed by atoms with Crippen LogP contribution < -0.4 is 5.32 Å². The second-order valence-corrected chi connectivity index (χ2v) is 5.47. The van der Waals surface area contributed by atoms with E-state index in [1.807, 2.05) is 24.3 Å². The molecule has 0 bridgehead atoms. The third kappa shape index (κ3) is 3.27. The van der Waals surface area contributed by atoms with Crippen molar-refractivity contribution in [3.05, 3.63) is 52.4 Å². The summed E-state index contributed by atoms with van der Waals surface area (Å²) in [5.74, 6) is 0.501. The maximum atomic E-state index is 12.6. The number of carbonyl (C=O) groups is 1. The third-order valence-corrected chi connectivity index (χ3v) is 3.96. The van der Waals surface area contributed by atoms with Crippen molar-refractivity contribution < 1.29 is 9.32 Å². The number of hydrogen-bond donors (Lipinski definition) is 1. The molecule has 1 amide bonds. The normalized spacial score (nSPS) is 17.9. The fraction of sp³-hybridized carbons (Fsp3) is 0.333. The van der Waals surface area contributed by atoms with Crippen molar-refractivity contribution in [2.75, 3.05) is 19.6 Å². The lowest BCUT2D eigenvalue weighted by atomic mass is 10.0. The van der Waals surface area contributed by atoms with Gasteiger partial charge in [0.2, 0.25) is 0 Å². The molecule has 2 heterocycles. The Bertz CT molecular complexity index is 660. The summed E-state index contributed by atoms with van der Waals surface area (Å²) in [4.78, 5) is 14.4. The maximum Gasteiger partial charge on any atom is 0.276 e. The van der Waals surface area contributed by atoms with Crippen molar-refractivity contribution in [3.8, 4) is 0 Å². The summed E-state index contributed by atoms with van der Waals surface area (Å²) in [5, 5.41) is 7.79. The number of amides is 1. The van der Waals surface area contributed by atoms with Crippen molar-refractivity contribution >= 4 is 29.9 Å². The van der Waals surface area contributed by atoms with Gasteiger partial charge in [0.25, 0.3) is 5.91 Å². The maximum absolute atomic E-state index is 12.6. The Morgan fingerprint density at radius 2 is 2.23 bits per heavy atom. The minimum absolute atomic E-state index is 0. The lowest BCUT2D eigenvalue weighted by Crippen LogP contribution is -2.48. The number of nitrogens with zero attached hydrogens (tertiary/aromatic N) is 2. The molecule has 0 spiro atoms. The van der Waals surface area contributed by atoms with E-state index in [1.165, 1.54) is 0 Å². The van der Waals surface area contributed by atoms with Gasteiger partial charge in [-0.25, -0.2) is 0 Å². The molecule has 1 N–H and O–H groups in total. The van der Waals surface area contributed by atoms with Crippen molar-refractivity contribution in [2.45, 2.75) is 13.0 Å². The van der Waals surface area contributed by atoms with Gasteiger partial charge in [0.1, 0.15) is 5.76 Å². The quantitative estimate of drug-likeness (QED) is 0.912. The van der Waals surface area contributed by atoms with Gasteiger partial charge in [-0.05, 0) is 18.6 Å². The zero-order chi connectivity index (χ0) is 14.8. The third-order valence-electron chi connectivity index (χ3n) is 3.62. The van der Waals surface area contributed by atoms with Gasteiger partial charge >= 0.3 is 0 Å². The molecular formula is C15H17Cl2N3O2. The van der Waals surface area contributed by atoms with E-state index in [4.69, 9.17) is 16.1 Å². The molecule has 2 aromatic rings. The molecule has 0 saturated carbocycles. The molecule has 7 heteroatoms. The van der Waals surface area contributed by atoms with E-state index in [1.54, 1.807) is 17.9 Å². The predicted molar refractivity (Wildman–Crippen MR) is 86.6 cm³/mol. The van der Waals surface area contributed by atoms with Crippen molar-refractivity contribution in [3.63, 3.8) is 0 Å². The Hall–Kier alpha value is -1.56. The number of aromatic nitrogens is 1. The summed E-state index contributed by atoms with van der Waals surface area (Å²) < 4.78 is 5.00. The first-order valence-corrected chi connectivity index (χ1v) is 7.24. The second-order valence-electron chi connectivity index (χ2n) is 5.06. The largest absolute Gasteiger partial charge is 0.361 e. The summed E-state index contributed by atoms with van der Waals surface area (Å²) in [6.45, 7) is 3.81. The number of rotatable bonds is 2. The average Bonchev–Trinajstić information content (AvgIpc) is 2.94. The van der Waals surface area contributed by atoms with Gasteiger partial charge in [0.05, 0.1) is 6.04 Å². The molecule has 1 aliphatic rings. The van der Waals surface area contributed by atoms with Gasteiger partial charge in [-0.3, -0.25) is 4.79 Å². The lowest BCUT2D eigenvalue weighted by molar-refractivity contribution is 0.0624. The van der Waals surface area contributed by atoms with Crippen LogP contribution in [0.4, 0.5) is 0 Å². The monoisotopic (exact) mass is 341 g/mol. The van der Waals surface area contributed by atoms with E-state index in [0.717, 1.165) is 12.1 Å². The van der Waals surface area contributed by atoms with Gasteiger partial charge in [0, 0.05) is 30.7 Å². The number of aryl methyl sites for hydroxylation is 1. The highest BCUT2D eigenvalue weighted by Gasteiger charge is 2.31. The molecular weight excluding hydrogens is 325 g/mol. The zero-order valence-electron chi connectivity index (χ0n) is 12.1. The van der Waals surface area contributed by atoms with E-state index in [0.29, 0.717) is 29.6 Å². The van der Waals surface area contributed by atoms with Gasteiger partial charge in [0.15, 0.2) is 5.69 Å². The molecule has 1 atom stereocenters. The van der Waals surface area contributed by atoms with Crippen LogP contribution in [0.5, 0.6) is 0 Å². The molecule has 3 rings (SSSR count). The van der Waals surface area contributed by atoms with Crippen LogP contribution in [0.2, 0.25) is 5.02 Å². The van der Waals surface area contributed by atoms with Gasteiger partial charge < -0.3 is 14.7 Å². The van der Waals surface area contributed by atoms with Crippen LogP contribution in [0.3, 0.4) is 0 Å². The van der Waals surface area contributed by atoms with Crippen LogP contribution in [-0.2, 0) is 0 Å². The highest BCUT2D eigenvalue weighted by molar-refractivity contribution is 6.31. The number of benzene rings is 1. The van der Waals surface area contributed by atoms with Crippen molar-refractivity contribution in [1.82, 2.24) is 15.4 Å². The fourth-order valence-corrected chi connectivity index (χ4v) is 2.85. The van der Waals surface area contributed by atoms with Crippen molar-refractivity contribution in [2.24, 2.45) is 0 Å². The minimum Gasteiger partial charge on any atom is -0.361 e. The first-order valence-electron chi connectivity index (χ1n) is 6.86. The Balaban J connectivity index is 0.00000176. The molecule has 1 unspecified atom stereocenters. The fourth-order valence-electron chi connectivity index (χ4n) is 2.58. The Morgan fingerprint density at radius 3 is 2.91 bits per heavy atom. The smallest absolute Gasteiger partial charge is 0.276 e.